The van der Waals surface area contributed by atoms with Gasteiger partial charge < -0.3 is 14.7 Å². The Bertz CT molecular complexity index is 1440. The molecule has 2 fully saturated rings. The van der Waals surface area contributed by atoms with Gasteiger partial charge in [-0.25, -0.2) is 8.42 Å². The number of anilines is 2. The van der Waals surface area contributed by atoms with E-state index in [0.29, 0.717) is 67.8 Å². The third-order valence-corrected chi connectivity index (χ3v) is 10.4. The number of carbonyl (C=O) groups excluding carboxylic acids is 2. The number of alkyl halides is 3. The molecular formula is C28H32BrF3N4O4S. The van der Waals surface area contributed by atoms with Crippen molar-refractivity contribution in [2.45, 2.75) is 43.7 Å². The molecule has 0 aliphatic carbocycles. The summed E-state index contributed by atoms with van der Waals surface area (Å²) >= 11 is 3.42. The fourth-order valence-corrected chi connectivity index (χ4v) is 8.37. The molecule has 3 aliphatic rings. The number of benzene rings is 2. The topological polar surface area (TPSA) is 81.2 Å². The van der Waals surface area contributed by atoms with Crippen molar-refractivity contribution in [3.63, 3.8) is 0 Å². The third-order valence-electron chi connectivity index (χ3n) is 8.08. The quantitative estimate of drug-likeness (QED) is 0.473. The molecule has 2 aromatic rings. The van der Waals surface area contributed by atoms with E-state index in [9.17, 15) is 31.2 Å². The normalized spacial score (nSPS) is 20.3. The molecule has 13 heteroatoms. The maximum Gasteiger partial charge on any atom is 0.416 e. The molecule has 3 aliphatic heterocycles. The summed E-state index contributed by atoms with van der Waals surface area (Å²) in [4.78, 5) is 31.2. The largest absolute Gasteiger partial charge is 0.416 e. The lowest BCUT2D eigenvalue weighted by Gasteiger charge is -2.39. The van der Waals surface area contributed by atoms with Crippen LogP contribution in [0.1, 0.15) is 37.3 Å². The van der Waals surface area contributed by atoms with Crippen LogP contribution in [0.4, 0.5) is 24.5 Å². The lowest BCUT2D eigenvalue weighted by atomic mass is 9.97. The second-order valence-corrected chi connectivity index (χ2v) is 13.4. The van der Waals surface area contributed by atoms with Crippen molar-refractivity contribution in [1.29, 1.82) is 0 Å². The minimum Gasteiger partial charge on any atom is -0.368 e. The second-order valence-electron chi connectivity index (χ2n) is 10.6. The van der Waals surface area contributed by atoms with Crippen LogP contribution in [-0.2, 0) is 32.2 Å². The molecule has 0 spiro atoms. The summed E-state index contributed by atoms with van der Waals surface area (Å²) in [5.41, 5.74) is 0.969. The Balaban J connectivity index is 1.29. The Hall–Kier alpha value is -2.64. The van der Waals surface area contributed by atoms with Gasteiger partial charge in [-0.15, -0.1) is 0 Å². The number of nitrogens with zero attached hydrogens (tertiary/aromatic N) is 4. The van der Waals surface area contributed by atoms with Crippen LogP contribution >= 0.6 is 15.9 Å². The first-order chi connectivity index (χ1) is 19.4. The zero-order chi connectivity index (χ0) is 29.5. The number of fused-ring (bicyclic) bond motifs is 1. The van der Waals surface area contributed by atoms with E-state index < -0.39 is 27.7 Å². The standard InChI is InChI=1S/C28H32BrF3N4O4S/c1-2-25(37)36-10-8-19-15-22(29)17-24(26(19)36)41(39,40)35-9-4-5-20(18-35)27(38)34-13-11-33(12-14-34)23-7-3-6-21(16-23)28(30,31)32/h3,6-7,15-17,20H,2,4-5,8-14,18H2,1H3/t20-/m1/s1. The van der Waals surface area contributed by atoms with Gasteiger partial charge in [-0.1, -0.05) is 28.9 Å². The molecule has 2 aromatic carbocycles. The first-order valence-electron chi connectivity index (χ1n) is 13.7. The summed E-state index contributed by atoms with van der Waals surface area (Å²) in [6, 6.07) is 8.55. The van der Waals surface area contributed by atoms with E-state index in [-0.39, 0.29) is 36.2 Å². The highest BCUT2D eigenvalue weighted by Gasteiger charge is 2.39. The van der Waals surface area contributed by atoms with Crippen LogP contribution in [-0.4, -0.2) is 75.3 Å². The molecule has 0 aromatic heterocycles. The van der Waals surface area contributed by atoms with Gasteiger partial charge in [0.15, 0.2) is 0 Å². The Morgan fingerprint density at radius 1 is 1.02 bits per heavy atom. The predicted octanol–water partition coefficient (Wildman–Crippen LogP) is 4.52. The summed E-state index contributed by atoms with van der Waals surface area (Å²) in [6.07, 6.45) is -2.53. The van der Waals surface area contributed by atoms with Gasteiger partial charge in [0.2, 0.25) is 21.8 Å². The Morgan fingerprint density at radius 3 is 2.44 bits per heavy atom. The van der Waals surface area contributed by atoms with Crippen molar-refractivity contribution < 1.29 is 31.2 Å². The number of hydrogen-bond donors (Lipinski definition) is 0. The molecule has 41 heavy (non-hydrogen) atoms. The number of piperidine rings is 1. The lowest BCUT2D eigenvalue weighted by Crippen LogP contribution is -2.53. The molecule has 0 saturated carbocycles. The molecule has 222 valence electrons. The van der Waals surface area contributed by atoms with Crippen molar-refractivity contribution in [3.8, 4) is 0 Å². The van der Waals surface area contributed by atoms with Gasteiger partial charge in [0.1, 0.15) is 4.90 Å². The van der Waals surface area contributed by atoms with Crippen LogP contribution in [0, 0.1) is 5.92 Å². The SMILES string of the molecule is CCC(=O)N1CCc2cc(Br)cc(S(=O)(=O)N3CCC[C@@H](C(=O)N4CCN(c5cccc(C(F)(F)F)c5)CC4)C3)c21. The summed E-state index contributed by atoms with van der Waals surface area (Å²) in [5, 5.41) is 0. The van der Waals surface area contributed by atoms with E-state index in [1.165, 1.54) is 16.4 Å². The van der Waals surface area contributed by atoms with Crippen LogP contribution < -0.4 is 9.80 Å². The minimum absolute atomic E-state index is 0.0397. The van der Waals surface area contributed by atoms with Crippen molar-refractivity contribution in [2.75, 3.05) is 55.6 Å². The molecule has 0 bridgehead atoms. The van der Waals surface area contributed by atoms with Crippen LogP contribution in [0.15, 0.2) is 45.8 Å². The summed E-state index contributed by atoms with van der Waals surface area (Å²) in [5.74, 6) is -0.804. The average Bonchev–Trinajstić information content (AvgIpc) is 3.39. The monoisotopic (exact) mass is 656 g/mol. The van der Waals surface area contributed by atoms with E-state index in [4.69, 9.17) is 0 Å². The van der Waals surface area contributed by atoms with Crippen LogP contribution in [0.3, 0.4) is 0 Å². The Labute approximate surface area is 246 Å². The maximum absolute atomic E-state index is 14.0. The number of carbonyl (C=O) groups is 2. The molecule has 3 heterocycles. The number of sulfonamides is 1. The summed E-state index contributed by atoms with van der Waals surface area (Å²) < 4.78 is 69.3. The highest BCUT2D eigenvalue weighted by Crippen LogP contribution is 2.40. The van der Waals surface area contributed by atoms with Gasteiger partial charge in [-0.05, 0) is 55.2 Å². The predicted molar refractivity (Wildman–Crippen MR) is 152 cm³/mol. The minimum atomic E-state index is -4.43. The van der Waals surface area contributed by atoms with Crippen LogP contribution in [0.2, 0.25) is 0 Å². The molecule has 2 amide bonds. The second kappa shape index (κ2) is 11.6. The number of halogens is 4. The van der Waals surface area contributed by atoms with Gasteiger partial charge in [0.05, 0.1) is 17.2 Å². The summed E-state index contributed by atoms with van der Waals surface area (Å²) in [6.45, 7) is 3.93. The Kier molecular flexibility index (Phi) is 8.41. The first kappa shape index (κ1) is 29.8. The number of amides is 2. The number of hydrogen-bond acceptors (Lipinski definition) is 5. The highest BCUT2D eigenvalue weighted by molar-refractivity contribution is 9.10. The molecule has 0 N–H and O–H groups in total. The Morgan fingerprint density at radius 2 is 1.76 bits per heavy atom. The fourth-order valence-electron chi connectivity index (χ4n) is 5.93. The van der Waals surface area contributed by atoms with E-state index in [1.807, 2.05) is 11.0 Å². The average molecular weight is 658 g/mol. The highest BCUT2D eigenvalue weighted by atomic mass is 79.9. The van der Waals surface area contributed by atoms with E-state index >= 15 is 0 Å². The maximum atomic E-state index is 14.0. The zero-order valence-corrected chi connectivity index (χ0v) is 25.1. The van der Waals surface area contributed by atoms with Crippen molar-refractivity contribution in [1.82, 2.24) is 9.21 Å². The van der Waals surface area contributed by atoms with Crippen molar-refractivity contribution >= 4 is 49.1 Å². The number of piperazine rings is 1. The van der Waals surface area contributed by atoms with E-state index in [2.05, 4.69) is 15.9 Å². The van der Waals surface area contributed by atoms with Gasteiger partial charge in [0.25, 0.3) is 0 Å². The number of rotatable bonds is 5. The smallest absolute Gasteiger partial charge is 0.368 e. The van der Waals surface area contributed by atoms with E-state index in [0.717, 1.165) is 17.7 Å². The first-order valence-corrected chi connectivity index (χ1v) is 16.0. The van der Waals surface area contributed by atoms with E-state index in [1.54, 1.807) is 22.8 Å². The van der Waals surface area contributed by atoms with Gasteiger partial charge in [-0.2, -0.15) is 17.5 Å². The molecule has 0 unspecified atom stereocenters. The fraction of sp³-hybridized carbons (Fsp3) is 0.500. The lowest BCUT2D eigenvalue weighted by molar-refractivity contribution is -0.137. The van der Waals surface area contributed by atoms with Gasteiger partial charge in [-0.3, -0.25) is 9.59 Å². The molecule has 8 nitrogen and oxygen atoms in total. The van der Waals surface area contributed by atoms with Gasteiger partial charge in [0, 0.05) is 62.4 Å². The molecule has 1 atom stereocenters. The molecular weight excluding hydrogens is 625 g/mol. The molecule has 0 radical (unpaired) electrons. The van der Waals surface area contributed by atoms with Crippen molar-refractivity contribution in [3.05, 3.63) is 52.0 Å². The van der Waals surface area contributed by atoms with Crippen LogP contribution in [0.5, 0.6) is 0 Å². The van der Waals surface area contributed by atoms with Gasteiger partial charge >= 0.3 is 6.18 Å². The zero-order valence-electron chi connectivity index (χ0n) is 22.7. The molecule has 5 rings (SSSR count). The molecule has 2 saturated heterocycles. The van der Waals surface area contributed by atoms with Crippen molar-refractivity contribution in [2.24, 2.45) is 5.92 Å². The summed E-state index contributed by atoms with van der Waals surface area (Å²) in [7, 11) is -4.00. The third kappa shape index (κ3) is 5.98. The van der Waals surface area contributed by atoms with Crippen LogP contribution in [0.25, 0.3) is 0 Å².